The van der Waals surface area contributed by atoms with Gasteiger partial charge in [0.2, 0.25) is 0 Å². The molecular weight excluding hydrogens is 310 g/mol. The summed E-state index contributed by atoms with van der Waals surface area (Å²) in [5.41, 5.74) is 1.34. The van der Waals surface area contributed by atoms with Gasteiger partial charge < -0.3 is 10.1 Å². The first-order valence-corrected chi connectivity index (χ1v) is 8.41. The fourth-order valence-electron chi connectivity index (χ4n) is 2.97. The lowest BCUT2D eigenvalue weighted by molar-refractivity contribution is 0.0424. The van der Waals surface area contributed by atoms with Gasteiger partial charge in [0.15, 0.2) is 0 Å². The van der Waals surface area contributed by atoms with Crippen molar-refractivity contribution in [3.05, 3.63) is 28.2 Å². The smallest absolute Gasteiger partial charge is 0.126 e. The molecule has 2 atom stereocenters. The molecule has 1 aromatic rings. The standard InChI is InChI=1S/C14H18BrNOS/c1-16-12-8-14(5-2-6-18-9-14)17-13-7-10(15)3-4-11(12)13/h3-4,7,12,16H,2,5-6,8-9H2,1H3. The molecule has 18 heavy (non-hydrogen) atoms. The molecule has 2 nitrogen and oxygen atoms in total. The molecule has 2 unspecified atom stereocenters. The molecule has 0 radical (unpaired) electrons. The highest BCUT2D eigenvalue weighted by Gasteiger charge is 2.41. The molecule has 98 valence electrons. The molecule has 0 saturated carbocycles. The van der Waals surface area contributed by atoms with Crippen LogP contribution in [0.5, 0.6) is 5.75 Å². The van der Waals surface area contributed by atoms with Crippen LogP contribution >= 0.6 is 27.7 Å². The summed E-state index contributed by atoms with van der Waals surface area (Å²) in [7, 11) is 2.05. The Morgan fingerprint density at radius 2 is 2.39 bits per heavy atom. The summed E-state index contributed by atoms with van der Waals surface area (Å²) in [6, 6.07) is 6.80. The SMILES string of the molecule is CNC1CC2(CCCSC2)Oc2cc(Br)ccc21. The zero-order valence-corrected chi connectivity index (χ0v) is 12.9. The Morgan fingerprint density at radius 3 is 3.11 bits per heavy atom. The molecule has 4 heteroatoms. The highest BCUT2D eigenvalue weighted by molar-refractivity contribution is 9.10. The molecule has 0 aliphatic carbocycles. The predicted molar refractivity (Wildman–Crippen MR) is 80.5 cm³/mol. The van der Waals surface area contributed by atoms with E-state index in [0.717, 1.165) is 22.4 Å². The maximum atomic E-state index is 6.38. The van der Waals surface area contributed by atoms with E-state index in [1.807, 2.05) is 18.8 Å². The quantitative estimate of drug-likeness (QED) is 0.848. The van der Waals surface area contributed by atoms with E-state index in [9.17, 15) is 0 Å². The number of ether oxygens (including phenoxy) is 1. The second kappa shape index (κ2) is 5.06. The molecular formula is C14H18BrNOS. The lowest BCUT2D eigenvalue weighted by atomic mass is 9.85. The zero-order valence-electron chi connectivity index (χ0n) is 10.5. The van der Waals surface area contributed by atoms with Gasteiger partial charge in [0.05, 0.1) is 0 Å². The molecule has 1 spiro atoms. The monoisotopic (exact) mass is 327 g/mol. The lowest BCUT2D eigenvalue weighted by Crippen LogP contribution is -2.47. The lowest BCUT2D eigenvalue weighted by Gasteiger charge is -2.44. The van der Waals surface area contributed by atoms with Gasteiger partial charge >= 0.3 is 0 Å². The number of hydrogen-bond donors (Lipinski definition) is 1. The largest absolute Gasteiger partial charge is 0.486 e. The summed E-state index contributed by atoms with van der Waals surface area (Å²) in [6.07, 6.45) is 3.54. The normalized spacial score (nSPS) is 30.9. The molecule has 1 N–H and O–H groups in total. The van der Waals surface area contributed by atoms with Gasteiger partial charge in [-0.1, -0.05) is 22.0 Å². The van der Waals surface area contributed by atoms with Crippen molar-refractivity contribution in [2.75, 3.05) is 18.6 Å². The van der Waals surface area contributed by atoms with Gasteiger partial charge in [0.25, 0.3) is 0 Å². The van der Waals surface area contributed by atoms with E-state index in [4.69, 9.17) is 4.74 Å². The van der Waals surface area contributed by atoms with Crippen LogP contribution in [0.15, 0.2) is 22.7 Å². The number of rotatable bonds is 1. The second-order valence-electron chi connectivity index (χ2n) is 5.17. The molecule has 1 aromatic carbocycles. The van der Waals surface area contributed by atoms with E-state index < -0.39 is 0 Å². The van der Waals surface area contributed by atoms with Crippen molar-refractivity contribution in [3.63, 3.8) is 0 Å². The maximum absolute atomic E-state index is 6.38. The van der Waals surface area contributed by atoms with Gasteiger partial charge in [0.1, 0.15) is 11.4 Å². The van der Waals surface area contributed by atoms with E-state index in [1.54, 1.807) is 0 Å². The van der Waals surface area contributed by atoms with Crippen molar-refractivity contribution >= 4 is 27.7 Å². The molecule has 2 heterocycles. The Bertz CT molecular complexity index is 445. The van der Waals surface area contributed by atoms with E-state index in [1.165, 1.54) is 24.2 Å². The summed E-state index contributed by atoms with van der Waals surface area (Å²) in [4.78, 5) is 0. The highest BCUT2D eigenvalue weighted by atomic mass is 79.9. The molecule has 0 bridgehead atoms. The minimum absolute atomic E-state index is 0.0460. The molecule has 3 rings (SSSR count). The van der Waals surface area contributed by atoms with Crippen molar-refractivity contribution in [1.82, 2.24) is 5.32 Å². The maximum Gasteiger partial charge on any atom is 0.126 e. The number of halogens is 1. The van der Waals surface area contributed by atoms with E-state index in [2.05, 4.69) is 39.4 Å². The zero-order chi connectivity index (χ0) is 12.6. The van der Waals surface area contributed by atoms with Gasteiger partial charge in [-0.2, -0.15) is 11.8 Å². The van der Waals surface area contributed by atoms with Crippen LogP contribution in [0.3, 0.4) is 0 Å². The van der Waals surface area contributed by atoms with Gasteiger partial charge in [-0.25, -0.2) is 0 Å². The number of nitrogens with one attached hydrogen (secondary N) is 1. The molecule has 1 fully saturated rings. The fraction of sp³-hybridized carbons (Fsp3) is 0.571. The molecule has 1 saturated heterocycles. The van der Waals surface area contributed by atoms with Gasteiger partial charge in [-0.05, 0) is 37.8 Å². The van der Waals surface area contributed by atoms with Crippen molar-refractivity contribution in [2.24, 2.45) is 0 Å². The first-order valence-electron chi connectivity index (χ1n) is 6.46. The predicted octanol–water partition coefficient (Wildman–Crippen LogP) is 3.76. The van der Waals surface area contributed by atoms with Crippen LogP contribution in [0, 0.1) is 0 Å². The van der Waals surface area contributed by atoms with Crippen LogP contribution in [-0.4, -0.2) is 24.2 Å². The number of benzene rings is 1. The van der Waals surface area contributed by atoms with E-state index >= 15 is 0 Å². The first-order chi connectivity index (χ1) is 8.72. The third-order valence-electron chi connectivity index (χ3n) is 3.89. The minimum atomic E-state index is 0.0460. The summed E-state index contributed by atoms with van der Waals surface area (Å²) >= 11 is 5.57. The van der Waals surface area contributed by atoms with Crippen LogP contribution in [0.2, 0.25) is 0 Å². The van der Waals surface area contributed by atoms with Crippen molar-refractivity contribution < 1.29 is 4.74 Å². The Balaban J connectivity index is 1.97. The summed E-state index contributed by atoms with van der Waals surface area (Å²) in [5.74, 6) is 3.45. The van der Waals surface area contributed by atoms with E-state index in [-0.39, 0.29) is 5.60 Å². The van der Waals surface area contributed by atoms with Crippen LogP contribution in [0.4, 0.5) is 0 Å². The third-order valence-corrected chi connectivity index (χ3v) is 5.69. The van der Waals surface area contributed by atoms with Crippen LogP contribution < -0.4 is 10.1 Å². The van der Waals surface area contributed by atoms with E-state index in [0.29, 0.717) is 6.04 Å². The summed E-state index contributed by atoms with van der Waals surface area (Å²) in [5, 5.41) is 3.45. The fourth-order valence-corrected chi connectivity index (χ4v) is 4.49. The van der Waals surface area contributed by atoms with Gasteiger partial charge in [-0.3, -0.25) is 0 Å². The summed E-state index contributed by atoms with van der Waals surface area (Å²) in [6.45, 7) is 0. The van der Waals surface area contributed by atoms with Crippen LogP contribution in [0.1, 0.15) is 30.9 Å². The molecule has 0 aromatic heterocycles. The number of fused-ring (bicyclic) bond motifs is 1. The summed E-state index contributed by atoms with van der Waals surface area (Å²) < 4.78 is 7.48. The minimum Gasteiger partial charge on any atom is -0.486 e. The Kier molecular flexibility index (Phi) is 3.61. The topological polar surface area (TPSA) is 21.3 Å². The van der Waals surface area contributed by atoms with Crippen molar-refractivity contribution in [3.8, 4) is 5.75 Å². The number of hydrogen-bond acceptors (Lipinski definition) is 3. The van der Waals surface area contributed by atoms with Crippen LogP contribution in [-0.2, 0) is 0 Å². The number of thioether (sulfide) groups is 1. The average molecular weight is 328 g/mol. The Labute approximate surface area is 121 Å². The Morgan fingerprint density at radius 1 is 1.50 bits per heavy atom. The second-order valence-corrected chi connectivity index (χ2v) is 7.19. The first kappa shape index (κ1) is 12.8. The van der Waals surface area contributed by atoms with Crippen molar-refractivity contribution in [1.29, 1.82) is 0 Å². The highest BCUT2D eigenvalue weighted by Crippen LogP contribution is 2.45. The average Bonchev–Trinajstić information content (AvgIpc) is 2.38. The van der Waals surface area contributed by atoms with Crippen molar-refractivity contribution in [2.45, 2.75) is 30.9 Å². The van der Waals surface area contributed by atoms with Gasteiger partial charge in [0, 0.05) is 28.3 Å². The third kappa shape index (κ3) is 2.30. The molecule has 2 aliphatic rings. The van der Waals surface area contributed by atoms with Gasteiger partial charge in [-0.15, -0.1) is 0 Å². The molecule has 0 amide bonds. The molecule has 2 aliphatic heterocycles. The van der Waals surface area contributed by atoms with Crippen LogP contribution in [0.25, 0.3) is 0 Å². The Hall–Kier alpha value is -0.190.